The third-order valence-electron chi connectivity index (χ3n) is 2.64. The molecule has 0 aliphatic heterocycles. The summed E-state index contributed by atoms with van der Waals surface area (Å²) in [6, 6.07) is 5.30. The smallest absolute Gasteiger partial charge is 0.238 e. The van der Waals surface area contributed by atoms with Gasteiger partial charge in [0.15, 0.2) is 0 Å². The first kappa shape index (κ1) is 16.9. The van der Waals surface area contributed by atoms with Crippen LogP contribution in [-0.2, 0) is 24.8 Å². The van der Waals surface area contributed by atoms with Crippen LogP contribution in [0.4, 0.5) is 5.69 Å². The van der Waals surface area contributed by atoms with Crippen molar-refractivity contribution in [2.45, 2.75) is 11.8 Å². The first-order valence-corrected chi connectivity index (χ1v) is 9.01. The number of hydrogen-bond donors (Lipinski definition) is 1. The molecule has 0 saturated heterocycles. The van der Waals surface area contributed by atoms with E-state index in [-0.39, 0.29) is 17.3 Å². The van der Waals surface area contributed by atoms with Gasteiger partial charge in [-0.25, -0.2) is 22.0 Å². The fourth-order valence-corrected chi connectivity index (χ4v) is 3.01. The van der Waals surface area contributed by atoms with Gasteiger partial charge in [-0.3, -0.25) is 4.31 Å². The fraction of sp³-hybridized carbons (Fsp3) is 0.455. The molecule has 2 N–H and O–H groups in total. The molecule has 0 aliphatic rings. The van der Waals surface area contributed by atoms with Crippen LogP contribution in [0.2, 0.25) is 0 Å². The van der Waals surface area contributed by atoms with Crippen molar-refractivity contribution >= 4 is 25.7 Å². The molecule has 7 nitrogen and oxygen atoms in total. The van der Waals surface area contributed by atoms with Crippen LogP contribution in [0.1, 0.15) is 6.92 Å². The Bertz CT molecular complexity index is 638. The summed E-state index contributed by atoms with van der Waals surface area (Å²) in [5.74, 6) is -0.145. The van der Waals surface area contributed by atoms with Gasteiger partial charge < -0.3 is 4.74 Å². The lowest BCUT2D eigenvalue weighted by molar-refractivity contribution is 0.163. The number of rotatable bonds is 7. The quantitative estimate of drug-likeness (QED) is 0.718. The normalized spacial score (nSPS) is 12.3. The second kappa shape index (κ2) is 6.53. The Morgan fingerprint density at radius 2 is 1.70 bits per heavy atom. The van der Waals surface area contributed by atoms with E-state index >= 15 is 0 Å². The Morgan fingerprint density at radius 1 is 1.15 bits per heavy atom. The molecule has 114 valence electrons. The molecule has 0 unspecified atom stereocenters. The lowest BCUT2D eigenvalue weighted by Gasteiger charge is -2.19. The number of primary sulfonamides is 1. The highest BCUT2D eigenvalue weighted by Gasteiger charge is 2.18. The summed E-state index contributed by atoms with van der Waals surface area (Å²) in [7, 11) is -5.90. The van der Waals surface area contributed by atoms with Crippen molar-refractivity contribution in [3.8, 4) is 0 Å². The lowest BCUT2D eigenvalue weighted by atomic mass is 10.3. The van der Waals surface area contributed by atoms with E-state index < -0.39 is 20.0 Å². The van der Waals surface area contributed by atoms with Gasteiger partial charge in [0.2, 0.25) is 20.0 Å². The zero-order chi connectivity index (χ0) is 15.4. The van der Waals surface area contributed by atoms with Crippen molar-refractivity contribution in [2.75, 3.05) is 30.3 Å². The maximum Gasteiger partial charge on any atom is 0.238 e. The van der Waals surface area contributed by atoms with Crippen LogP contribution in [0.15, 0.2) is 29.2 Å². The lowest BCUT2D eigenvalue weighted by Crippen LogP contribution is -2.30. The van der Waals surface area contributed by atoms with Gasteiger partial charge in [-0.05, 0) is 31.2 Å². The first-order valence-electron chi connectivity index (χ1n) is 5.85. The zero-order valence-electron chi connectivity index (χ0n) is 11.3. The molecule has 0 atom stereocenters. The first-order chi connectivity index (χ1) is 9.18. The summed E-state index contributed by atoms with van der Waals surface area (Å²) < 4.78 is 52.3. The molecule has 0 fully saturated rings. The van der Waals surface area contributed by atoms with E-state index in [2.05, 4.69) is 0 Å². The van der Waals surface area contributed by atoms with Crippen LogP contribution in [0.5, 0.6) is 0 Å². The van der Waals surface area contributed by atoms with E-state index in [0.717, 1.165) is 4.31 Å². The summed E-state index contributed by atoms with van der Waals surface area (Å²) >= 11 is 0. The molecular formula is C11H18N2O5S2. The summed E-state index contributed by atoms with van der Waals surface area (Å²) in [5, 5.41) is 4.97. The Morgan fingerprint density at radius 3 is 2.15 bits per heavy atom. The molecule has 0 aromatic heterocycles. The minimum Gasteiger partial charge on any atom is -0.381 e. The minimum absolute atomic E-state index is 0.0682. The maximum atomic E-state index is 12.0. The number of sulfonamides is 2. The molecule has 0 amide bonds. The van der Waals surface area contributed by atoms with E-state index in [1.165, 1.54) is 31.3 Å². The Balaban J connectivity index is 2.89. The molecule has 0 radical (unpaired) electrons. The number of hydrogen-bond acceptors (Lipinski definition) is 5. The van der Waals surface area contributed by atoms with Crippen molar-refractivity contribution in [2.24, 2.45) is 5.14 Å². The number of benzene rings is 1. The molecule has 1 aromatic carbocycles. The van der Waals surface area contributed by atoms with Gasteiger partial charge in [0.25, 0.3) is 0 Å². The van der Waals surface area contributed by atoms with Crippen molar-refractivity contribution in [1.82, 2.24) is 0 Å². The van der Waals surface area contributed by atoms with Gasteiger partial charge >= 0.3 is 0 Å². The Labute approximate surface area is 119 Å². The third kappa shape index (κ3) is 4.44. The predicted octanol–water partition coefficient (Wildman–Crippen LogP) is 0.137. The second-order valence-electron chi connectivity index (χ2n) is 4.02. The highest BCUT2D eigenvalue weighted by atomic mass is 32.2. The molecule has 0 saturated carbocycles. The van der Waals surface area contributed by atoms with Gasteiger partial charge in [-0.1, -0.05) is 0 Å². The van der Waals surface area contributed by atoms with E-state index in [0.29, 0.717) is 12.3 Å². The van der Waals surface area contributed by atoms with E-state index in [9.17, 15) is 16.8 Å². The second-order valence-corrected chi connectivity index (χ2v) is 7.70. The van der Waals surface area contributed by atoms with Gasteiger partial charge in [-0.2, -0.15) is 0 Å². The van der Waals surface area contributed by atoms with E-state index in [1.807, 2.05) is 0 Å². The molecule has 9 heteroatoms. The van der Waals surface area contributed by atoms with Gasteiger partial charge in [0, 0.05) is 13.7 Å². The van der Waals surface area contributed by atoms with Crippen molar-refractivity contribution < 1.29 is 21.6 Å². The topological polar surface area (TPSA) is 107 Å². The van der Waals surface area contributed by atoms with Crippen molar-refractivity contribution in [3.63, 3.8) is 0 Å². The maximum absolute atomic E-state index is 12.0. The Hall–Kier alpha value is -1.16. The molecule has 0 bridgehead atoms. The molecule has 1 rings (SSSR count). The number of anilines is 1. The van der Waals surface area contributed by atoms with Crippen LogP contribution >= 0.6 is 0 Å². The fourth-order valence-electron chi connectivity index (χ4n) is 1.45. The summed E-state index contributed by atoms with van der Waals surface area (Å²) in [4.78, 5) is -0.0682. The van der Waals surface area contributed by atoms with Gasteiger partial charge in [0.05, 0.1) is 22.9 Å². The van der Waals surface area contributed by atoms with Crippen molar-refractivity contribution in [3.05, 3.63) is 24.3 Å². The molecular weight excluding hydrogens is 304 g/mol. The van der Waals surface area contributed by atoms with Gasteiger partial charge in [-0.15, -0.1) is 0 Å². The van der Waals surface area contributed by atoms with E-state index in [4.69, 9.17) is 9.88 Å². The summed E-state index contributed by atoms with van der Waals surface area (Å²) in [6.45, 7) is 2.34. The Kier molecular flexibility index (Phi) is 5.51. The SMILES string of the molecule is CCOCCS(=O)(=O)N(C)c1ccc(S(N)(=O)=O)cc1. The standard InChI is InChI=1S/C11H18N2O5S2/c1-3-18-8-9-19(14,15)13(2)10-4-6-11(7-5-10)20(12,16)17/h4-7H,3,8-9H2,1-2H3,(H2,12,16,17). The third-order valence-corrected chi connectivity index (χ3v) is 5.29. The molecule has 0 spiro atoms. The van der Waals surface area contributed by atoms with Crippen LogP contribution in [0, 0.1) is 0 Å². The largest absolute Gasteiger partial charge is 0.381 e. The predicted molar refractivity (Wildman–Crippen MR) is 76.5 cm³/mol. The number of nitrogens with two attached hydrogens (primary N) is 1. The van der Waals surface area contributed by atoms with Crippen molar-refractivity contribution in [1.29, 1.82) is 0 Å². The van der Waals surface area contributed by atoms with Gasteiger partial charge in [0.1, 0.15) is 0 Å². The highest BCUT2D eigenvalue weighted by Crippen LogP contribution is 2.18. The van der Waals surface area contributed by atoms with Crippen LogP contribution in [-0.4, -0.2) is 42.8 Å². The molecule has 20 heavy (non-hydrogen) atoms. The molecule has 0 heterocycles. The molecule has 0 aliphatic carbocycles. The average molecular weight is 322 g/mol. The average Bonchev–Trinajstić information content (AvgIpc) is 2.37. The minimum atomic E-state index is -3.79. The van der Waals surface area contributed by atoms with E-state index in [1.54, 1.807) is 6.92 Å². The highest BCUT2D eigenvalue weighted by molar-refractivity contribution is 7.92. The summed E-state index contributed by atoms with van der Waals surface area (Å²) in [6.07, 6.45) is 0. The van der Waals surface area contributed by atoms with Crippen LogP contribution < -0.4 is 9.44 Å². The summed E-state index contributed by atoms with van der Waals surface area (Å²) in [5.41, 5.74) is 0.355. The molecule has 1 aromatic rings. The monoisotopic (exact) mass is 322 g/mol. The number of nitrogens with zero attached hydrogens (tertiary/aromatic N) is 1. The zero-order valence-corrected chi connectivity index (χ0v) is 12.9. The van der Waals surface area contributed by atoms with Crippen LogP contribution in [0.3, 0.4) is 0 Å². The number of ether oxygens (including phenoxy) is 1. The van der Waals surface area contributed by atoms with Crippen LogP contribution in [0.25, 0.3) is 0 Å².